The molecule has 0 amide bonds. The Morgan fingerprint density at radius 3 is 0.783 bits per heavy atom. The van der Waals surface area contributed by atoms with Crippen LogP contribution >= 0.6 is 0 Å². The van der Waals surface area contributed by atoms with Crippen LogP contribution in [0.5, 0.6) is 23.0 Å². The van der Waals surface area contributed by atoms with Gasteiger partial charge in [0.05, 0.1) is 0 Å². The zero-order chi connectivity index (χ0) is 33.3. The molecule has 46 heavy (non-hydrogen) atoms. The van der Waals surface area contributed by atoms with Crippen LogP contribution < -0.4 is 9.47 Å². The molecule has 2 heteroatoms. The maximum absolute atomic E-state index is 5.71. The van der Waals surface area contributed by atoms with Gasteiger partial charge in [0.15, 0.2) is 0 Å². The smallest absolute Gasteiger partial charge is 0.127 e. The van der Waals surface area contributed by atoms with E-state index < -0.39 is 0 Å². The fourth-order valence-corrected chi connectivity index (χ4v) is 4.21. The minimum Gasteiger partial charge on any atom is -0.457 e. The molecule has 0 radical (unpaired) electrons. The lowest BCUT2D eigenvalue weighted by Crippen LogP contribution is -1.84. The third-order valence-corrected chi connectivity index (χ3v) is 6.92. The lowest BCUT2D eigenvalue weighted by atomic mass is 10.2. The molecule has 0 spiro atoms. The average Bonchev–Trinajstić information content (AvgIpc) is 3.03. The van der Waals surface area contributed by atoms with E-state index in [1.165, 1.54) is 44.5 Å². The lowest BCUT2D eigenvalue weighted by molar-refractivity contribution is 0.482. The summed E-state index contributed by atoms with van der Waals surface area (Å²) < 4.78 is 11.4. The average molecular weight is 609 g/mol. The van der Waals surface area contributed by atoms with Gasteiger partial charge in [0.1, 0.15) is 23.0 Å². The van der Waals surface area contributed by atoms with Crippen molar-refractivity contribution in [1.29, 1.82) is 0 Å². The van der Waals surface area contributed by atoms with Crippen molar-refractivity contribution >= 4 is 0 Å². The Kier molecular flexibility index (Phi) is 14.4. The first-order chi connectivity index (χ1) is 22.0. The van der Waals surface area contributed by atoms with Crippen LogP contribution in [0.25, 0.3) is 0 Å². The Labute approximate surface area is 277 Å². The van der Waals surface area contributed by atoms with E-state index in [2.05, 4.69) is 110 Å². The number of hydrogen-bond donors (Lipinski definition) is 0. The summed E-state index contributed by atoms with van der Waals surface area (Å²) in [5.74, 6) is 3.53. The second kappa shape index (κ2) is 18.7. The molecular formula is C44H48O2. The molecule has 0 heterocycles. The van der Waals surface area contributed by atoms with Crippen molar-refractivity contribution in [2.75, 3.05) is 0 Å². The van der Waals surface area contributed by atoms with Gasteiger partial charge < -0.3 is 9.47 Å². The van der Waals surface area contributed by atoms with Crippen LogP contribution in [-0.2, 0) is 0 Å². The van der Waals surface area contributed by atoms with Crippen molar-refractivity contribution < 1.29 is 9.47 Å². The molecular weight excluding hydrogens is 560 g/mol. The van der Waals surface area contributed by atoms with Gasteiger partial charge in [-0.05, 0) is 109 Å². The van der Waals surface area contributed by atoms with Crippen LogP contribution in [-0.4, -0.2) is 0 Å². The Morgan fingerprint density at radius 2 is 0.500 bits per heavy atom. The van der Waals surface area contributed by atoms with Gasteiger partial charge in [0.2, 0.25) is 0 Å². The fraction of sp³-hybridized carbons (Fsp3) is 0.182. The molecule has 6 aromatic rings. The van der Waals surface area contributed by atoms with Crippen molar-refractivity contribution in [3.8, 4) is 23.0 Å². The maximum Gasteiger partial charge on any atom is 0.127 e. The van der Waals surface area contributed by atoms with Gasteiger partial charge >= 0.3 is 0 Å². The molecule has 0 atom stereocenters. The Hall–Kier alpha value is -5.08. The molecule has 0 saturated carbocycles. The Morgan fingerprint density at radius 1 is 0.239 bits per heavy atom. The van der Waals surface area contributed by atoms with Crippen molar-refractivity contribution in [3.63, 3.8) is 0 Å². The summed E-state index contributed by atoms with van der Waals surface area (Å²) in [5.41, 5.74) is 10.3. The van der Waals surface area contributed by atoms with E-state index >= 15 is 0 Å². The third kappa shape index (κ3) is 14.1. The van der Waals surface area contributed by atoms with Crippen LogP contribution in [0.1, 0.15) is 44.5 Å². The standard InChI is InChI=1S/2C14H14O.2C8H10/c1-11-3-7-13(8-4-11)15-14-9-5-12(2)6-10-14;1-11-6-8-13(9-7-11)15-14-5-3-4-12(2)10-14;1-7-3-5-8(2)6-4-7;1-7-4-3-5-8(2)6-7/h2*3-10H,1-2H3;2*3-6H,1-2H3. The summed E-state index contributed by atoms with van der Waals surface area (Å²) in [6, 6.07) is 49.1. The Balaban J connectivity index is 0.000000174. The van der Waals surface area contributed by atoms with Gasteiger partial charge in [0, 0.05) is 0 Å². The van der Waals surface area contributed by atoms with Crippen molar-refractivity contribution in [2.24, 2.45) is 0 Å². The second-order valence-electron chi connectivity index (χ2n) is 11.8. The van der Waals surface area contributed by atoms with Gasteiger partial charge in [0.25, 0.3) is 0 Å². The summed E-state index contributed by atoms with van der Waals surface area (Å²) in [6.07, 6.45) is 0. The monoisotopic (exact) mass is 608 g/mol. The molecule has 236 valence electrons. The number of benzene rings is 6. The van der Waals surface area contributed by atoms with Gasteiger partial charge in [-0.2, -0.15) is 0 Å². The van der Waals surface area contributed by atoms with Crippen LogP contribution in [0.2, 0.25) is 0 Å². The normalized spacial score (nSPS) is 9.74. The molecule has 0 aliphatic carbocycles. The highest BCUT2D eigenvalue weighted by Gasteiger charge is 1.97. The lowest BCUT2D eigenvalue weighted by Gasteiger charge is -2.06. The molecule has 2 nitrogen and oxygen atoms in total. The molecule has 0 saturated heterocycles. The van der Waals surface area contributed by atoms with Crippen LogP contribution in [0.4, 0.5) is 0 Å². The van der Waals surface area contributed by atoms with E-state index in [0.717, 1.165) is 23.0 Å². The van der Waals surface area contributed by atoms with Gasteiger partial charge in [-0.15, -0.1) is 0 Å². The zero-order valence-electron chi connectivity index (χ0n) is 28.7. The quantitative estimate of drug-likeness (QED) is 0.198. The fourth-order valence-electron chi connectivity index (χ4n) is 4.21. The van der Waals surface area contributed by atoms with Crippen LogP contribution in [0.3, 0.4) is 0 Å². The first kappa shape index (κ1) is 35.4. The molecule has 6 aromatic carbocycles. The Bertz CT molecular complexity index is 1630. The summed E-state index contributed by atoms with van der Waals surface area (Å²) in [5, 5.41) is 0. The van der Waals surface area contributed by atoms with E-state index in [1.54, 1.807) is 0 Å². The number of hydrogen-bond acceptors (Lipinski definition) is 2. The van der Waals surface area contributed by atoms with E-state index in [0.29, 0.717) is 0 Å². The minimum absolute atomic E-state index is 0.879. The van der Waals surface area contributed by atoms with Crippen LogP contribution in [0, 0.1) is 55.4 Å². The molecule has 0 fully saturated rings. The highest BCUT2D eigenvalue weighted by atomic mass is 16.5. The minimum atomic E-state index is 0.879. The zero-order valence-corrected chi connectivity index (χ0v) is 28.7. The van der Waals surface area contributed by atoms with Gasteiger partial charge in [-0.3, -0.25) is 0 Å². The second-order valence-corrected chi connectivity index (χ2v) is 11.8. The number of aryl methyl sites for hydroxylation is 8. The predicted molar refractivity (Wildman–Crippen MR) is 197 cm³/mol. The number of ether oxygens (including phenoxy) is 2. The largest absolute Gasteiger partial charge is 0.457 e. The van der Waals surface area contributed by atoms with Crippen LogP contribution in [0.15, 0.2) is 146 Å². The van der Waals surface area contributed by atoms with Gasteiger partial charge in [-0.1, -0.05) is 136 Å². The van der Waals surface area contributed by atoms with E-state index in [-0.39, 0.29) is 0 Å². The molecule has 6 rings (SSSR count). The van der Waals surface area contributed by atoms with Crippen molar-refractivity contribution in [3.05, 3.63) is 190 Å². The molecule has 0 aromatic heterocycles. The van der Waals surface area contributed by atoms with E-state index in [9.17, 15) is 0 Å². The first-order valence-electron chi connectivity index (χ1n) is 15.7. The van der Waals surface area contributed by atoms with Crippen molar-refractivity contribution in [2.45, 2.75) is 55.4 Å². The highest BCUT2D eigenvalue weighted by Crippen LogP contribution is 2.23. The molecule has 0 unspecified atom stereocenters. The first-order valence-corrected chi connectivity index (χ1v) is 15.7. The summed E-state index contributed by atoms with van der Waals surface area (Å²) >= 11 is 0. The SMILES string of the molecule is Cc1ccc(C)cc1.Cc1ccc(Oc2ccc(C)cc2)cc1.Cc1ccc(Oc2cccc(C)c2)cc1.Cc1cccc(C)c1. The predicted octanol–water partition coefficient (Wildman–Crippen LogP) is 12.8. The highest BCUT2D eigenvalue weighted by molar-refractivity contribution is 5.35. The van der Waals surface area contributed by atoms with E-state index in [4.69, 9.17) is 9.47 Å². The molecule has 0 aliphatic heterocycles. The molecule has 0 bridgehead atoms. The van der Waals surface area contributed by atoms with E-state index in [1.807, 2.05) is 91.0 Å². The molecule has 0 N–H and O–H groups in total. The molecule has 0 aliphatic rings. The maximum atomic E-state index is 5.71. The summed E-state index contributed by atoms with van der Waals surface area (Å²) in [6.45, 7) is 16.7. The van der Waals surface area contributed by atoms with Gasteiger partial charge in [-0.25, -0.2) is 0 Å². The summed E-state index contributed by atoms with van der Waals surface area (Å²) in [7, 11) is 0. The third-order valence-electron chi connectivity index (χ3n) is 6.92. The summed E-state index contributed by atoms with van der Waals surface area (Å²) in [4.78, 5) is 0. The topological polar surface area (TPSA) is 18.5 Å². The number of rotatable bonds is 4. The van der Waals surface area contributed by atoms with Crippen molar-refractivity contribution in [1.82, 2.24) is 0 Å².